The normalized spacial score (nSPS) is 26.4. The fourth-order valence-electron chi connectivity index (χ4n) is 3.21. The van der Waals surface area contributed by atoms with E-state index in [4.69, 9.17) is 0 Å². The van der Waals surface area contributed by atoms with Gasteiger partial charge in [-0.3, -0.25) is 14.7 Å². The van der Waals surface area contributed by atoms with Gasteiger partial charge in [-0.15, -0.1) is 0 Å². The van der Waals surface area contributed by atoms with Crippen LogP contribution in [0, 0.1) is 0 Å². The maximum atomic E-state index is 12.6. The number of aromatic nitrogens is 2. The number of anilines is 1. The molecule has 6 heteroatoms. The Kier molecular flexibility index (Phi) is 3.56. The highest BCUT2D eigenvalue weighted by molar-refractivity contribution is 5.92. The first-order chi connectivity index (χ1) is 9.69. The van der Waals surface area contributed by atoms with E-state index >= 15 is 0 Å². The predicted octanol–water partition coefficient (Wildman–Crippen LogP) is 0.827. The van der Waals surface area contributed by atoms with Gasteiger partial charge in [-0.1, -0.05) is 0 Å². The van der Waals surface area contributed by atoms with Crippen LogP contribution in [0.4, 0.5) is 5.82 Å². The Morgan fingerprint density at radius 1 is 1.40 bits per heavy atom. The molecule has 0 aromatic carbocycles. The zero-order chi connectivity index (χ0) is 14.1. The Labute approximate surface area is 119 Å². The number of fused-ring (bicyclic) bond motifs is 1. The van der Waals surface area contributed by atoms with Crippen LogP contribution in [0.5, 0.6) is 0 Å². The van der Waals surface area contributed by atoms with Crippen LogP contribution in [0.25, 0.3) is 0 Å². The first-order valence-corrected chi connectivity index (χ1v) is 7.24. The van der Waals surface area contributed by atoms with Gasteiger partial charge < -0.3 is 10.2 Å². The lowest BCUT2D eigenvalue weighted by atomic mass is 10.1. The predicted molar refractivity (Wildman–Crippen MR) is 76.7 cm³/mol. The average Bonchev–Trinajstić information content (AvgIpc) is 2.92. The Bertz CT molecular complexity index is 506. The van der Waals surface area contributed by atoms with Gasteiger partial charge in [0.2, 0.25) is 0 Å². The van der Waals surface area contributed by atoms with Crippen molar-refractivity contribution in [2.75, 3.05) is 32.0 Å². The highest BCUT2D eigenvalue weighted by Crippen LogP contribution is 2.25. The molecule has 3 heterocycles. The van der Waals surface area contributed by atoms with E-state index in [0.717, 1.165) is 13.1 Å². The molecule has 2 unspecified atom stereocenters. The summed E-state index contributed by atoms with van der Waals surface area (Å²) in [7, 11) is 1.78. The Balaban J connectivity index is 1.78. The van der Waals surface area contributed by atoms with Crippen molar-refractivity contribution in [3.05, 3.63) is 18.1 Å². The van der Waals surface area contributed by atoms with Gasteiger partial charge in [0.1, 0.15) is 11.5 Å². The van der Waals surface area contributed by atoms with Gasteiger partial charge in [0.15, 0.2) is 0 Å². The van der Waals surface area contributed by atoms with E-state index < -0.39 is 0 Å². The minimum Gasteiger partial charge on any atom is -0.372 e. The Morgan fingerprint density at radius 2 is 2.25 bits per heavy atom. The molecule has 1 aromatic rings. The molecule has 2 aliphatic heterocycles. The molecule has 20 heavy (non-hydrogen) atoms. The summed E-state index contributed by atoms with van der Waals surface area (Å²) < 4.78 is 0. The van der Waals surface area contributed by atoms with Crippen molar-refractivity contribution in [2.24, 2.45) is 0 Å². The quantitative estimate of drug-likeness (QED) is 0.866. The summed E-state index contributed by atoms with van der Waals surface area (Å²) >= 11 is 0. The lowest BCUT2D eigenvalue weighted by molar-refractivity contribution is 0.0390. The summed E-state index contributed by atoms with van der Waals surface area (Å²) in [5.41, 5.74) is 0.426. The standard InChI is InChI=1S/C14H21N5O/c1-10-8-18-5-3-4-11(18)9-19(10)14(20)12-6-16-7-13(15-2)17-12/h6-7,10-11H,3-5,8-9H2,1-2H3,(H,15,17). The van der Waals surface area contributed by atoms with Crippen LogP contribution in [0.3, 0.4) is 0 Å². The first-order valence-electron chi connectivity index (χ1n) is 7.24. The van der Waals surface area contributed by atoms with Crippen molar-refractivity contribution < 1.29 is 4.79 Å². The van der Waals surface area contributed by atoms with Gasteiger partial charge in [0.05, 0.1) is 12.4 Å². The van der Waals surface area contributed by atoms with Gasteiger partial charge in [0, 0.05) is 32.2 Å². The maximum absolute atomic E-state index is 12.6. The van der Waals surface area contributed by atoms with Crippen molar-refractivity contribution in [2.45, 2.75) is 31.8 Å². The van der Waals surface area contributed by atoms with Crippen molar-refractivity contribution in [1.82, 2.24) is 19.8 Å². The third kappa shape index (κ3) is 2.35. The summed E-state index contributed by atoms with van der Waals surface area (Å²) in [6.07, 6.45) is 5.61. The molecule has 1 aromatic heterocycles. The molecular weight excluding hydrogens is 254 g/mol. The molecule has 2 atom stereocenters. The largest absolute Gasteiger partial charge is 0.372 e. The number of rotatable bonds is 2. The molecule has 0 aliphatic carbocycles. The number of hydrogen-bond acceptors (Lipinski definition) is 5. The van der Waals surface area contributed by atoms with E-state index in [1.54, 1.807) is 19.4 Å². The van der Waals surface area contributed by atoms with Gasteiger partial charge in [-0.25, -0.2) is 4.98 Å². The molecule has 0 spiro atoms. The number of carbonyl (C=O) groups excluding carboxylic acids is 1. The molecule has 1 N–H and O–H groups in total. The fourth-order valence-corrected chi connectivity index (χ4v) is 3.21. The van der Waals surface area contributed by atoms with Gasteiger partial charge in [-0.2, -0.15) is 0 Å². The van der Waals surface area contributed by atoms with E-state index in [1.165, 1.54) is 19.4 Å². The molecule has 3 rings (SSSR count). The number of amides is 1. The molecule has 2 fully saturated rings. The topological polar surface area (TPSA) is 61.4 Å². The number of piperazine rings is 1. The van der Waals surface area contributed by atoms with Crippen LogP contribution in [-0.2, 0) is 0 Å². The molecule has 108 valence electrons. The van der Waals surface area contributed by atoms with Crippen LogP contribution in [0.1, 0.15) is 30.3 Å². The first kappa shape index (κ1) is 13.3. The second-order valence-electron chi connectivity index (χ2n) is 5.64. The molecule has 0 saturated carbocycles. The Morgan fingerprint density at radius 3 is 3.05 bits per heavy atom. The van der Waals surface area contributed by atoms with E-state index in [0.29, 0.717) is 17.6 Å². The summed E-state index contributed by atoms with van der Waals surface area (Å²) in [4.78, 5) is 25.5. The van der Waals surface area contributed by atoms with Crippen molar-refractivity contribution >= 4 is 11.7 Å². The maximum Gasteiger partial charge on any atom is 0.274 e. The zero-order valence-electron chi connectivity index (χ0n) is 12.0. The number of nitrogens with one attached hydrogen (secondary N) is 1. The molecule has 1 amide bonds. The smallest absolute Gasteiger partial charge is 0.274 e. The third-order valence-electron chi connectivity index (χ3n) is 4.31. The van der Waals surface area contributed by atoms with E-state index in [2.05, 4.69) is 27.1 Å². The molecule has 2 aliphatic rings. The lowest BCUT2D eigenvalue weighted by Crippen LogP contribution is -2.56. The number of nitrogens with zero attached hydrogens (tertiary/aromatic N) is 4. The van der Waals surface area contributed by atoms with Crippen LogP contribution >= 0.6 is 0 Å². The Hall–Kier alpha value is -1.69. The second-order valence-corrected chi connectivity index (χ2v) is 5.64. The van der Waals surface area contributed by atoms with Crippen LogP contribution < -0.4 is 5.32 Å². The molecule has 6 nitrogen and oxygen atoms in total. The fraction of sp³-hybridized carbons (Fsp3) is 0.643. The minimum atomic E-state index is -0.00588. The highest BCUT2D eigenvalue weighted by Gasteiger charge is 2.37. The molecule has 0 radical (unpaired) electrons. The van der Waals surface area contributed by atoms with Gasteiger partial charge in [-0.05, 0) is 26.3 Å². The lowest BCUT2D eigenvalue weighted by Gasteiger charge is -2.42. The molecular formula is C14H21N5O. The van der Waals surface area contributed by atoms with Gasteiger partial charge >= 0.3 is 0 Å². The molecule has 2 saturated heterocycles. The SMILES string of the molecule is CNc1cncc(C(=O)N2CC3CCCN3CC2C)n1. The van der Waals surface area contributed by atoms with E-state index in [9.17, 15) is 4.79 Å². The summed E-state index contributed by atoms with van der Waals surface area (Å²) in [6.45, 7) is 5.06. The van der Waals surface area contributed by atoms with Gasteiger partial charge in [0.25, 0.3) is 5.91 Å². The van der Waals surface area contributed by atoms with Crippen LogP contribution in [0.15, 0.2) is 12.4 Å². The third-order valence-corrected chi connectivity index (χ3v) is 4.31. The minimum absolute atomic E-state index is 0.00588. The summed E-state index contributed by atoms with van der Waals surface area (Å²) in [6, 6.07) is 0.757. The van der Waals surface area contributed by atoms with E-state index in [-0.39, 0.29) is 11.9 Å². The summed E-state index contributed by atoms with van der Waals surface area (Å²) in [5.74, 6) is 0.622. The second kappa shape index (κ2) is 5.36. The number of carbonyl (C=O) groups is 1. The summed E-state index contributed by atoms with van der Waals surface area (Å²) in [5, 5.41) is 2.92. The number of hydrogen-bond donors (Lipinski definition) is 1. The van der Waals surface area contributed by atoms with Crippen LogP contribution in [0.2, 0.25) is 0 Å². The molecule has 0 bridgehead atoms. The van der Waals surface area contributed by atoms with Crippen LogP contribution in [-0.4, -0.2) is 64.4 Å². The van der Waals surface area contributed by atoms with Crippen molar-refractivity contribution in [1.29, 1.82) is 0 Å². The van der Waals surface area contributed by atoms with Crippen molar-refractivity contribution in [3.63, 3.8) is 0 Å². The van der Waals surface area contributed by atoms with Crippen molar-refractivity contribution in [3.8, 4) is 0 Å². The average molecular weight is 275 g/mol. The zero-order valence-corrected chi connectivity index (χ0v) is 12.0. The highest BCUT2D eigenvalue weighted by atomic mass is 16.2. The monoisotopic (exact) mass is 275 g/mol. The van der Waals surface area contributed by atoms with E-state index in [1.807, 2.05) is 4.90 Å².